The Morgan fingerprint density at radius 1 is 1.53 bits per heavy atom. The van der Waals surface area contributed by atoms with Gasteiger partial charge in [0.15, 0.2) is 0 Å². The van der Waals surface area contributed by atoms with Crippen LogP contribution in [0.25, 0.3) is 0 Å². The van der Waals surface area contributed by atoms with Gasteiger partial charge in [-0.25, -0.2) is 4.79 Å². The van der Waals surface area contributed by atoms with Crippen molar-refractivity contribution in [2.24, 2.45) is 0 Å². The van der Waals surface area contributed by atoms with E-state index >= 15 is 0 Å². The van der Waals surface area contributed by atoms with E-state index in [2.05, 4.69) is 0 Å². The molecule has 4 heteroatoms. The third-order valence-corrected chi connectivity index (χ3v) is 3.10. The van der Waals surface area contributed by atoms with Gasteiger partial charge in [-0.05, 0) is 25.3 Å². The molecule has 1 rings (SSSR count). The van der Waals surface area contributed by atoms with Gasteiger partial charge in [0.05, 0.1) is 11.3 Å². The average Bonchev–Trinajstić information content (AvgIpc) is 2.26. The van der Waals surface area contributed by atoms with Crippen LogP contribution in [0.2, 0.25) is 0 Å². The molecule has 0 radical (unpaired) electrons. The molecule has 1 aromatic rings. The minimum absolute atomic E-state index is 0.398. The Labute approximate surface area is 94.1 Å². The van der Waals surface area contributed by atoms with Gasteiger partial charge in [-0.2, -0.15) is 0 Å². The Hall–Kier alpha value is -1.16. The van der Waals surface area contributed by atoms with E-state index < -0.39 is 5.97 Å². The van der Waals surface area contributed by atoms with Gasteiger partial charge in [0.25, 0.3) is 0 Å². The van der Waals surface area contributed by atoms with E-state index in [1.807, 2.05) is 43.3 Å². The minimum atomic E-state index is -0.866. The average molecular weight is 225 g/mol. The standard InChI is InChI=1S/C11H15NO2S/c1-4-12(2)8-6-5-7-9(15-3)10(8)11(13)14/h5-7H,4H2,1-3H3,(H,13,14). The summed E-state index contributed by atoms with van der Waals surface area (Å²) in [6, 6.07) is 5.56. The molecule has 0 aliphatic rings. The third kappa shape index (κ3) is 2.45. The SMILES string of the molecule is CCN(C)c1cccc(SC)c1C(=O)O. The summed E-state index contributed by atoms with van der Waals surface area (Å²) in [5, 5.41) is 9.18. The lowest BCUT2D eigenvalue weighted by Gasteiger charge is -2.20. The van der Waals surface area contributed by atoms with Gasteiger partial charge in [-0.1, -0.05) is 6.07 Å². The zero-order chi connectivity index (χ0) is 11.4. The van der Waals surface area contributed by atoms with E-state index in [-0.39, 0.29) is 0 Å². The molecular weight excluding hydrogens is 210 g/mol. The van der Waals surface area contributed by atoms with Crippen LogP contribution in [0.4, 0.5) is 5.69 Å². The Balaban J connectivity index is 3.31. The monoisotopic (exact) mass is 225 g/mol. The first-order valence-corrected chi connectivity index (χ1v) is 5.95. The zero-order valence-corrected chi connectivity index (χ0v) is 9.97. The fourth-order valence-electron chi connectivity index (χ4n) is 1.39. The maximum Gasteiger partial charge on any atom is 0.338 e. The Morgan fingerprint density at radius 2 is 2.20 bits per heavy atom. The fraction of sp³-hybridized carbons (Fsp3) is 0.364. The zero-order valence-electron chi connectivity index (χ0n) is 9.15. The van der Waals surface area contributed by atoms with Gasteiger partial charge in [0, 0.05) is 18.5 Å². The predicted molar refractivity (Wildman–Crippen MR) is 64.1 cm³/mol. The van der Waals surface area contributed by atoms with E-state index in [4.69, 9.17) is 0 Å². The molecule has 0 unspecified atom stereocenters. The van der Waals surface area contributed by atoms with Gasteiger partial charge in [-0.15, -0.1) is 11.8 Å². The first kappa shape index (κ1) is 11.9. The molecule has 3 nitrogen and oxygen atoms in total. The number of aromatic carboxylic acids is 1. The van der Waals surface area contributed by atoms with Crippen LogP contribution in [-0.2, 0) is 0 Å². The molecule has 0 spiro atoms. The Kier molecular flexibility index (Phi) is 4.03. The lowest BCUT2D eigenvalue weighted by atomic mass is 10.1. The van der Waals surface area contributed by atoms with Crippen molar-refractivity contribution in [3.63, 3.8) is 0 Å². The number of nitrogens with zero attached hydrogens (tertiary/aromatic N) is 1. The molecule has 82 valence electrons. The second-order valence-corrected chi connectivity index (χ2v) is 4.02. The van der Waals surface area contributed by atoms with Crippen LogP contribution in [0.1, 0.15) is 17.3 Å². The normalized spacial score (nSPS) is 10.1. The van der Waals surface area contributed by atoms with Crippen molar-refractivity contribution in [1.82, 2.24) is 0 Å². The predicted octanol–water partition coefficient (Wildman–Crippen LogP) is 2.56. The quantitative estimate of drug-likeness (QED) is 0.799. The highest BCUT2D eigenvalue weighted by Gasteiger charge is 2.16. The third-order valence-electron chi connectivity index (χ3n) is 2.32. The summed E-state index contributed by atoms with van der Waals surface area (Å²) >= 11 is 1.46. The topological polar surface area (TPSA) is 40.5 Å². The number of anilines is 1. The van der Waals surface area contributed by atoms with Crippen molar-refractivity contribution < 1.29 is 9.90 Å². The molecule has 0 bridgehead atoms. The molecule has 0 saturated carbocycles. The number of carboxylic acid groups (broad SMARTS) is 1. The highest BCUT2D eigenvalue weighted by molar-refractivity contribution is 7.98. The van der Waals surface area contributed by atoms with Gasteiger partial charge >= 0.3 is 5.97 Å². The van der Waals surface area contributed by atoms with Crippen molar-refractivity contribution in [2.45, 2.75) is 11.8 Å². The lowest BCUT2D eigenvalue weighted by molar-refractivity contribution is 0.0694. The summed E-state index contributed by atoms with van der Waals surface area (Å²) < 4.78 is 0. The summed E-state index contributed by atoms with van der Waals surface area (Å²) in [6.45, 7) is 2.79. The summed E-state index contributed by atoms with van der Waals surface area (Å²) in [4.78, 5) is 13.9. The minimum Gasteiger partial charge on any atom is -0.478 e. The summed E-state index contributed by atoms with van der Waals surface area (Å²) in [7, 11) is 1.89. The number of hydrogen-bond donors (Lipinski definition) is 1. The van der Waals surface area contributed by atoms with Gasteiger partial charge in [0.2, 0.25) is 0 Å². The van der Waals surface area contributed by atoms with Crippen molar-refractivity contribution >= 4 is 23.4 Å². The highest BCUT2D eigenvalue weighted by Crippen LogP contribution is 2.28. The largest absolute Gasteiger partial charge is 0.478 e. The summed E-state index contributed by atoms with van der Waals surface area (Å²) in [6.07, 6.45) is 1.89. The summed E-state index contributed by atoms with van der Waals surface area (Å²) in [5.41, 5.74) is 1.17. The molecule has 0 atom stereocenters. The van der Waals surface area contributed by atoms with Crippen LogP contribution in [0.3, 0.4) is 0 Å². The van der Waals surface area contributed by atoms with E-state index in [0.29, 0.717) is 5.56 Å². The maximum atomic E-state index is 11.2. The molecule has 0 fully saturated rings. The highest BCUT2D eigenvalue weighted by atomic mass is 32.2. The van der Waals surface area contributed by atoms with Crippen molar-refractivity contribution in [2.75, 3.05) is 24.7 Å². The van der Waals surface area contributed by atoms with Crippen LogP contribution in [0.5, 0.6) is 0 Å². The first-order valence-electron chi connectivity index (χ1n) is 4.73. The number of thioether (sulfide) groups is 1. The molecule has 1 aromatic carbocycles. The molecule has 0 aliphatic heterocycles. The van der Waals surface area contributed by atoms with E-state index in [1.54, 1.807) is 0 Å². The molecular formula is C11H15NO2S. The molecule has 0 amide bonds. The first-order chi connectivity index (χ1) is 7.11. The number of hydrogen-bond acceptors (Lipinski definition) is 3. The van der Waals surface area contributed by atoms with Crippen LogP contribution in [0, 0.1) is 0 Å². The van der Waals surface area contributed by atoms with Crippen LogP contribution >= 0.6 is 11.8 Å². The van der Waals surface area contributed by atoms with Gasteiger partial charge < -0.3 is 10.0 Å². The molecule has 15 heavy (non-hydrogen) atoms. The van der Waals surface area contributed by atoms with E-state index in [9.17, 15) is 9.90 Å². The van der Waals surface area contributed by atoms with E-state index in [1.165, 1.54) is 11.8 Å². The number of carbonyl (C=O) groups is 1. The molecule has 0 saturated heterocycles. The Morgan fingerprint density at radius 3 is 2.67 bits per heavy atom. The lowest BCUT2D eigenvalue weighted by Crippen LogP contribution is -2.19. The number of carboxylic acids is 1. The second kappa shape index (κ2) is 5.07. The van der Waals surface area contributed by atoms with Crippen molar-refractivity contribution in [3.8, 4) is 0 Å². The second-order valence-electron chi connectivity index (χ2n) is 3.17. The van der Waals surface area contributed by atoms with Crippen LogP contribution < -0.4 is 4.90 Å². The van der Waals surface area contributed by atoms with Crippen LogP contribution in [0.15, 0.2) is 23.1 Å². The van der Waals surface area contributed by atoms with Crippen molar-refractivity contribution in [1.29, 1.82) is 0 Å². The number of benzene rings is 1. The van der Waals surface area contributed by atoms with Crippen LogP contribution in [-0.4, -0.2) is 30.9 Å². The van der Waals surface area contributed by atoms with Crippen molar-refractivity contribution in [3.05, 3.63) is 23.8 Å². The fourth-order valence-corrected chi connectivity index (χ4v) is 2.00. The smallest absolute Gasteiger partial charge is 0.338 e. The molecule has 0 aromatic heterocycles. The van der Waals surface area contributed by atoms with Gasteiger partial charge in [-0.3, -0.25) is 0 Å². The molecule has 1 N–H and O–H groups in total. The van der Waals surface area contributed by atoms with Gasteiger partial charge in [0.1, 0.15) is 0 Å². The molecule has 0 heterocycles. The maximum absolute atomic E-state index is 11.2. The Bertz CT molecular complexity index is 366. The molecule has 0 aliphatic carbocycles. The number of rotatable bonds is 4. The summed E-state index contributed by atoms with van der Waals surface area (Å²) in [5.74, 6) is -0.866. The van der Waals surface area contributed by atoms with E-state index in [0.717, 1.165) is 17.1 Å².